The lowest BCUT2D eigenvalue weighted by atomic mass is 9.84. The number of likely N-dealkylation sites (tertiary alicyclic amines) is 1. The molecule has 0 saturated carbocycles. The molecule has 0 amide bonds. The summed E-state index contributed by atoms with van der Waals surface area (Å²) in [6, 6.07) is 0.756. The maximum Gasteiger partial charge on any atom is 0.191 e. The van der Waals surface area contributed by atoms with Gasteiger partial charge in [-0.05, 0) is 65.5 Å². The highest BCUT2D eigenvalue weighted by Crippen LogP contribution is 2.32. The Morgan fingerprint density at radius 3 is 2.88 bits per heavy atom. The molecule has 0 spiro atoms. The number of hydrogen-bond acceptors (Lipinski definition) is 4. The molecule has 2 fully saturated rings. The van der Waals surface area contributed by atoms with E-state index in [9.17, 15) is 5.11 Å². The Morgan fingerprint density at radius 2 is 2.19 bits per heavy atom. The predicted octanol–water partition coefficient (Wildman–Crippen LogP) is 1.99. The Labute approximate surface area is 159 Å². The first-order valence-electron chi connectivity index (χ1n) is 10.6. The van der Waals surface area contributed by atoms with Crippen LogP contribution in [-0.4, -0.2) is 74.6 Å². The maximum absolute atomic E-state index is 9.35. The molecule has 0 radical (unpaired) electrons. The Kier molecular flexibility index (Phi) is 9.72. The molecule has 2 aliphatic rings. The smallest absolute Gasteiger partial charge is 0.191 e. The summed E-state index contributed by atoms with van der Waals surface area (Å²) in [5.74, 6) is 0.892. The normalized spacial score (nSPS) is 27.7. The minimum absolute atomic E-state index is 0.0154. The summed E-state index contributed by atoms with van der Waals surface area (Å²) in [5, 5.41) is 16.2. The molecule has 2 atom stereocenters. The molecular formula is C20H40N4O2. The van der Waals surface area contributed by atoms with E-state index in [-0.39, 0.29) is 12.0 Å². The van der Waals surface area contributed by atoms with Crippen molar-refractivity contribution < 1.29 is 9.84 Å². The van der Waals surface area contributed by atoms with Crippen LogP contribution in [0, 0.1) is 5.41 Å². The summed E-state index contributed by atoms with van der Waals surface area (Å²) in [6.45, 7) is 11.2. The van der Waals surface area contributed by atoms with Gasteiger partial charge in [-0.25, -0.2) is 0 Å². The fourth-order valence-electron chi connectivity index (χ4n) is 4.01. The van der Waals surface area contributed by atoms with Crippen molar-refractivity contribution in [1.29, 1.82) is 0 Å². The Morgan fingerprint density at radius 1 is 1.31 bits per heavy atom. The van der Waals surface area contributed by atoms with Crippen molar-refractivity contribution in [3.05, 3.63) is 0 Å². The Bertz CT molecular complexity index is 411. The first kappa shape index (κ1) is 21.5. The summed E-state index contributed by atoms with van der Waals surface area (Å²) in [7, 11) is 0. The van der Waals surface area contributed by atoms with Crippen LogP contribution in [0.1, 0.15) is 58.8 Å². The third kappa shape index (κ3) is 7.05. The van der Waals surface area contributed by atoms with Gasteiger partial charge in [0.1, 0.15) is 0 Å². The second-order valence-electron chi connectivity index (χ2n) is 7.99. The molecule has 6 nitrogen and oxygen atoms in total. The molecule has 2 saturated heterocycles. The average Bonchev–Trinajstić information content (AvgIpc) is 3.10. The van der Waals surface area contributed by atoms with Crippen LogP contribution in [0.3, 0.4) is 0 Å². The largest absolute Gasteiger partial charge is 0.396 e. The SMILES string of the molecule is CCNC(=NCC1(CCO)CCOC1)NCCCCN1CCCCC1C. The maximum atomic E-state index is 9.35. The number of aliphatic hydroxyl groups is 1. The third-order valence-corrected chi connectivity index (χ3v) is 5.85. The average molecular weight is 369 g/mol. The zero-order valence-corrected chi connectivity index (χ0v) is 16.9. The molecule has 0 aromatic carbocycles. The molecule has 2 aliphatic heterocycles. The summed E-state index contributed by atoms with van der Waals surface area (Å²) in [5.41, 5.74) is 0.0154. The number of ether oxygens (including phenoxy) is 1. The number of rotatable bonds is 10. The van der Waals surface area contributed by atoms with Crippen molar-refractivity contribution in [1.82, 2.24) is 15.5 Å². The number of nitrogens with one attached hydrogen (secondary N) is 2. The second-order valence-corrected chi connectivity index (χ2v) is 7.99. The topological polar surface area (TPSA) is 69.1 Å². The van der Waals surface area contributed by atoms with Gasteiger partial charge in [0.15, 0.2) is 5.96 Å². The van der Waals surface area contributed by atoms with Gasteiger partial charge >= 0.3 is 0 Å². The van der Waals surface area contributed by atoms with E-state index in [0.29, 0.717) is 13.2 Å². The van der Waals surface area contributed by atoms with Crippen LogP contribution in [0.4, 0.5) is 0 Å². The van der Waals surface area contributed by atoms with Crippen LogP contribution in [0.15, 0.2) is 4.99 Å². The van der Waals surface area contributed by atoms with Crippen LogP contribution >= 0.6 is 0 Å². The molecule has 2 unspecified atom stereocenters. The van der Waals surface area contributed by atoms with E-state index in [2.05, 4.69) is 29.4 Å². The van der Waals surface area contributed by atoms with Crippen molar-refractivity contribution in [2.75, 3.05) is 52.5 Å². The van der Waals surface area contributed by atoms with Crippen molar-refractivity contribution >= 4 is 5.96 Å². The molecular weight excluding hydrogens is 328 g/mol. The van der Waals surface area contributed by atoms with Crippen LogP contribution in [0.5, 0.6) is 0 Å². The molecule has 26 heavy (non-hydrogen) atoms. The first-order chi connectivity index (χ1) is 12.7. The summed E-state index contributed by atoms with van der Waals surface area (Å²) < 4.78 is 5.56. The van der Waals surface area contributed by atoms with Crippen LogP contribution in [0.25, 0.3) is 0 Å². The number of aliphatic hydroxyl groups excluding tert-OH is 1. The van der Waals surface area contributed by atoms with Gasteiger partial charge in [-0.1, -0.05) is 6.42 Å². The van der Waals surface area contributed by atoms with Gasteiger partial charge in [-0.2, -0.15) is 0 Å². The van der Waals surface area contributed by atoms with Crippen LogP contribution in [-0.2, 0) is 4.74 Å². The lowest BCUT2D eigenvalue weighted by Crippen LogP contribution is -2.40. The van der Waals surface area contributed by atoms with Gasteiger partial charge in [0.05, 0.1) is 13.2 Å². The van der Waals surface area contributed by atoms with Gasteiger partial charge in [0.2, 0.25) is 0 Å². The van der Waals surface area contributed by atoms with E-state index in [1.165, 1.54) is 45.2 Å². The summed E-state index contributed by atoms with van der Waals surface area (Å²) in [6.07, 6.45) is 8.27. The lowest BCUT2D eigenvalue weighted by molar-refractivity contribution is 0.131. The van der Waals surface area contributed by atoms with Crippen LogP contribution in [0.2, 0.25) is 0 Å². The Hall–Kier alpha value is -0.850. The van der Waals surface area contributed by atoms with E-state index in [1.54, 1.807) is 0 Å². The monoisotopic (exact) mass is 368 g/mol. The van der Waals surface area contributed by atoms with E-state index in [4.69, 9.17) is 9.73 Å². The van der Waals surface area contributed by atoms with Gasteiger partial charge in [-0.3, -0.25) is 4.99 Å². The highest BCUT2D eigenvalue weighted by atomic mass is 16.5. The van der Waals surface area contributed by atoms with Crippen molar-refractivity contribution in [3.63, 3.8) is 0 Å². The van der Waals surface area contributed by atoms with Gasteiger partial charge < -0.3 is 25.4 Å². The Balaban J connectivity index is 1.69. The number of aliphatic imine (C=N–C) groups is 1. The lowest BCUT2D eigenvalue weighted by Gasteiger charge is -2.33. The van der Waals surface area contributed by atoms with Crippen molar-refractivity contribution in [2.45, 2.75) is 64.8 Å². The van der Waals surface area contributed by atoms with Crippen LogP contribution < -0.4 is 10.6 Å². The van der Waals surface area contributed by atoms with Crippen molar-refractivity contribution in [3.8, 4) is 0 Å². The number of hydrogen-bond donors (Lipinski definition) is 3. The summed E-state index contributed by atoms with van der Waals surface area (Å²) >= 11 is 0. The minimum Gasteiger partial charge on any atom is -0.396 e. The molecule has 0 aromatic heterocycles. The van der Waals surface area contributed by atoms with E-state index < -0.39 is 0 Å². The van der Waals surface area contributed by atoms with E-state index >= 15 is 0 Å². The molecule has 0 aliphatic carbocycles. The van der Waals surface area contributed by atoms with E-state index in [1.807, 2.05) is 0 Å². The minimum atomic E-state index is 0.0154. The van der Waals surface area contributed by atoms with Gasteiger partial charge in [0, 0.05) is 37.8 Å². The predicted molar refractivity (Wildman–Crippen MR) is 108 cm³/mol. The number of unbranched alkanes of at least 4 members (excludes halogenated alkanes) is 1. The van der Waals surface area contributed by atoms with Crippen molar-refractivity contribution in [2.24, 2.45) is 10.4 Å². The summed E-state index contributed by atoms with van der Waals surface area (Å²) in [4.78, 5) is 7.42. The molecule has 0 aromatic rings. The number of nitrogens with zero attached hydrogens (tertiary/aromatic N) is 2. The highest BCUT2D eigenvalue weighted by Gasteiger charge is 2.34. The molecule has 0 bridgehead atoms. The van der Waals surface area contributed by atoms with Gasteiger partial charge in [-0.15, -0.1) is 0 Å². The number of guanidine groups is 1. The standard InChI is InChI=1S/C20H40N4O2/c1-3-21-19(23-16-20(9-14-25)10-15-26-17-20)22-11-5-7-13-24-12-6-4-8-18(24)2/h18,25H,3-17H2,1-2H3,(H2,21,22,23). The highest BCUT2D eigenvalue weighted by molar-refractivity contribution is 5.79. The quantitative estimate of drug-likeness (QED) is 0.313. The first-order valence-corrected chi connectivity index (χ1v) is 10.6. The van der Waals surface area contributed by atoms with Gasteiger partial charge in [0.25, 0.3) is 0 Å². The third-order valence-electron chi connectivity index (χ3n) is 5.85. The fraction of sp³-hybridized carbons (Fsp3) is 0.950. The molecule has 152 valence electrons. The zero-order chi connectivity index (χ0) is 18.7. The fourth-order valence-corrected chi connectivity index (χ4v) is 4.01. The number of piperidine rings is 1. The molecule has 2 rings (SSSR count). The molecule has 6 heteroatoms. The van der Waals surface area contributed by atoms with E-state index in [0.717, 1.165) is 44.5 Å². The molecule has 3 N–H and O–H groups in total. The second kappa shape index (κ2) is 11.8. The zero-order valence-electron chi connectivity index (χ0n) is 16.9. The molecule has 2 heterocycles.